The number of imidazole rings is 2. The number of methoxy groups -OCH3 is 1. The second kappa shape index (κ2) is 10.3. The zero-order chi connectivity index (χ0) is 28.1. The van der Waals surface area contributed by atoms with E-state index in [2.05, 4.69) is 32.3 Å². The molecule has 6 heterocycles. The zero-order valence-electron chi connectivity index (χ0n) is 21.2. The molecule has 0 aliphatic carbocycles. The Kier molecular flexibility index (Phi) is 6.47. The molecule has 1 N–H and O–H groups in total. The van der Waals surface area contributed by atoms with Gasteiger partial charge in [-0.2, -0.15) is 10.2 Å². The molecule has 6 aromatic heterocycles. The number of hydrogen-bond acceptors (Lipinski definition) is 8. The van der Waals surface area contributed by atoms with Crippen LogP contribution in [-0.2, 0) is 0 Å². The van der Waals surface area contributed by atoms with Gasteiger partial charge in [0.1, 0.15) is 33.2 Å². The third kappa shape index (κ3) is 4.64. The summed E-state index contributed by atoms with van der Waals surface area (Å²) >= 11 is 15.1. The predicted molar refractivity (Wildman–Crippen MR) is 166 cm³/mol. The maximum atomic E-state index is 9.89. The molecule has 8 nitrogen and oxygen atoms in total. The van der Waals surface area contributed by atoms with E-state index in [4.69, 9.17) is 27.9 Å². The molecule has 0 atom stereocenters. The van der Waals surface area contributed by atoms with Gasteiger partial charge >= 0.3 is 0 Å². The van der Waals surface area contributed by atoms with Gasteiger partial charge in [0.05, 0.1) is 38.7 Å². The Morgan fingerprint density at radius 1 is 0.707 bits per heavy atom. The van der Waals surface area contributed by atoms with Crippen molar-refractivity contribution in [3.05, 3.63) is 95.5 Å². The highest BCUT2D eigenvalue weighted by Gasteiger charge is 2.14. The number of halogens is 2. The third-order valence-electron chi connectivity index (χ3n) is 6.42. The van der Waals surface area contributed by atoms with Gasteiger partial charge in [-0.3, -0.25) is 0 Å². The lowest BCUT2D eigenvalue weighted by molar-refractivity contribution is 0.420. The van der Waals surface area contributed by atoms with Gasteiger partial charge in [0.15, 0.2) is 11.3 Å². The summed E-state index contributed by atoms with van der Waals surface area (Å²) < 4.78 is 10.9. The molecule has 0 aliphatic rings. The van der Waals surface area contributed by atoms with Crippen LogP contribution in [0.5, 0.6) is 11.5 Å². The molecule has 0 saturated heterocycles. The van der Waals surface area contributed by atoms with E-state index in [1.807, 2.05) is 48.7 Å². The van der Waals surface area contributed by atoms with Crippen molar-refractivity contribution in [2.45, 2.75) is 0 Å². The fraction of sp³-hybridized carbons (Fsp3) is 0.0345. The van der Waals surface area contributed by atoms with Crippen LogP contribution in [0.3, 0.4) is 0 Å². The molecule has 41 heavy (non-hydrogen) atoms. The van der Waals surface area contributed by atoms with Gasteiger partial charge in [-0.1, -0.05) is 47.5 Å². The van der Waals surface area contributed by atoms with Gasteiger partial charge in [0.2, 0.25) is 0 Å². The SMILES string of the molecule is COc1cccc2cc(-c3cnc4ccc(Cl)nn34)sc12.Oc1cccc2cc(-c3cnc4ccc(Cl)nn34)sc12. The number of phenolic OH excluding ortho intramolecular Hbond substituents is 1. The van der Waals surface area contributed by atoms with E-state index < -0.39 is 0 Å². The minimum absolute atomic E-state index is 0.290. The van der Waals surface area contributed by atoms with Gasteiger partial charge in [-0.15, -0.1) is 22.7 Å². The van der Waals surface area contributed by atoms with E-state index in [-0.39, 0.29) is 0 Å². The number of phenols is 1. The van der Waals surface area contributed by atoms with E-state index in [1.54, 1.807) is 51.9 Å². The molecular weight excluding hydrogens is 599 g/mol. The van der Waals surface area contributed by atoms with Gasteiger partial charge in [-0.25, -0.2) is 19.0 Å². The van der Waals surface area contributed by atoms with E-state index in [0.717, 1.165) is 58.4 Å². The molecule has 2 aromatic carbocycles. The molecule has 0 amide bonds. The molecule has 0 radical (unpaired) electrons. The average molecular weight is 618 g/mol. The van der Waals surface area contributed by atoms with E-state index in [9.17, 15) is 5.11 Å². The largest absolute Gasteiger partial charge is 0.506 e. The molecule has 0 saturated carbocycles. The molecule has 8 aromatic rings. The van der Waals surface area contributed by atoms with E-state index >= 15 is 0 Å². The normalized spacial score (nSPS) is 11.4. The summed E-state index contributed by atoms with van der Waals surface area (Å²) in [5.41, 5.74) is 3.31. The topological polar surface area (TPSA) is 89.8 Å². The number of fused-ring (bicyclic) bond motifs is 4. The number of thiophene rings is 2. The number of rotatable bonds is 3. The summed E-state index contributed by atoms with van der Waals surface area (Å²) in [6.07, 6.45) is 3.58. The molecule has 0 aliphatic heterocycles. The van der Waals surface area contributed by atoms with Crippen molar-refractivity contribution >= 4 is 77.3 Å². The van der Waals surface area contributed by atoms with Crippen LogP contribution in [0.2, 0.25) is 10.3 Å². The third-order valence-corrected chi connectivity index (χ3v) is 9.20. The second-order valence-electron chi connectivity index (χ2n) is 8.93. The van der Waals surface area contributed by atoms with Crippen molar-refractivity contribution in [3.8, 4) is 32.6 Å². The van der Waals surface area contributed by atoms with Crippen molar-refractivity contribution in [1.82, 2.24) is 29.2 Å². The van der Waals surface area contributed by atoms with E-state index in [0.29, 0.717) is 16.1 Å². The summed E-state index contributed by atoms with van der Waals surface area (Å²) in [6, 6.07) is 22.8. The smallest absolute Gasteiger partial charge is 0.154 e. The van der Waals surface area contributed by atoms with Crippen molar-refractivity contribution in [1.29, 1.82) is 0 Å². The standard InChI is InChI=1S/C15H10ClN3OS.C14H8ClN3OS/c1-20-11-4-2-3-9-7-12(21-15(9)11)10-8-17-14-6-5-13(16)18-19(10)14;15-12-4-5-13-16-7-9(18(13)17-12)11-6-8-2-1-3-10(19)14(8)20-11/h2-8H,1H3;1-7,19H. The average Bonchev–Trinajstić information content (AvgIpc) is 3.76. The molecule has 202 valence electrons. The molecule has 0 spiro atoms. The molecule has 12 heteroatoms. The van der Waals surface area contributed by atoms with Crippen molar-refractivity contribution in [2.24, 2.45) is 0 Å². The van der Waals surface area contributed by atoms with Crippen molar-refractivity contribution < 1.29 is 9.84 Å². The van der Waals surface area contributed by atoms with Crippen LogP contribution in [0.4, 0.5) is 0 Å². The van der Waals surface area contributed by atoms with E-state index in [1.165, 1.54) is 11.3 Å². The minimum Gasteiger partial charge on any atom is -0.506 e. The lowest BCUT2D eigenvalue weighted by atomic mass is 10.2. The first-order valence-corrected chi connectivity index (χ1v) is 14.7. The maximum absolute atomic E-state index is 9.89. The van der Waals surface area contributed by atoms with Crippen LogP contribution >= 0.6 is 45.9 Å². The number of nitrogens with zero attached hydrogens (tertiary/aromatic N) is 6. The van der Waals surface area contributed by atoms with Gasteiger partial charge in [0, 0.05) is 0 Å². The lowest BCUT2D eigenvalue weighted by Crippen LogP contribution is -1.92. The van der Waals surface area contributed by atoms with Crippen molar-refractivity contribution in [2.75, 3.05) is 7.11 Å². The van der Waals surface area contributed by atoms with Gasteiger partial charge in [0.25, 0.3) is 0 Å². The van der Waals surface area contributed by atoms with Crippen LogP contribution in [0.25, 0.3) is 52.6 Å². The summed E-state index contributed by atoms with van der Waals surface area (Å²) in [5, 5.41) is 21.5. The number of aromatic hydroxyl groups is 1. The minimum atomic E-state index is 0.290. The zero-order valence-corrected chi connectivity index (χ0v) is 24.3. The molecular formula is C29H18Cl2N6O2S2. The Hall–Kier alpha value is -4.22. The quantitative estimate of drug-likeness (QED) is 0.215. The second-order valence-corrected chi connectivity index (χ2v) is 11.8. The van der Waals surface area contributed by atoms with Gasteiger partial charge in [-0.05, 0) is 59.3 Å². The molecule has 0 bridgehead atoms. The number of aromatic nitrogens is 6. The number of ether oxygens (including phenoxy) is 1. The monoisotopic (exact) mass is 616 g/mol. The Labute approximate surface area is 250 Å². The Morgan fingerprint density at radius 2 is 1.24 bits per heavy atom. The van der Waals surface area contributed by atoms with Crippen LogP contribution in [0.1, 0.15) is 0 Å². The van der Waals surface area contributed by atoms with Crippen molar-refractivity contribution in [3.63, 3.8) is 0 Å². The number of hydrogen-bond donors (Lipinski definition) is 1. The molecule has 0 fully saturated rings. The van der Waals surface area contributed by atoms with Gasteiger partial charge < -0.3 is 9.84 Å². The highest BCUT2D eigenvalue weighted by Crippen LogP contribution is 2.39. The first-order valence-electron chi connectivity index (χ1n) is 12.3. The highest BCUT2D eigenvalue weighted by molar-refractivity contribution is 7.23. The summed E-state index contributed by atoms with van der Waals surface area (Å²) in [7, 11) is 1.68. The summed E-state index contributed by atoms with van der Waals surface area (Å²) in [6.45, 7) is 0. The maximum Gasteiger partial charge on any atom is 0.154 e. The van der Waals surface area contributed by atoms with Crippen LogP contribution in [0.15, 0.2) is 85.2 Å². The first-order chi connectivity index (χ1) is 20.0. The Balaban J connectivity index is 0.000000135. The fourth-order valence-electron chi connectivity index (χ4n) is 4.54. The van der Waals surface area contributed by atoms with Crippen LogP contribution < -0.4 is 4.74 Å². The summed E-state index contributed by atoms with van der Waals surface area (Å²) in [5.74, 6) is 1.17. The van der Waals surface area contributed by atoms with Crippen LogP contribution in [0, 0.1) is 0 Å². The Bertz CT molecular complexity index is 2220. The number of benzene rings is 2. The van der Waals surface area contributed by atoms with Crippen LogP contribution in [-0.4, -0.2) is 41.4 Å². The summed E-state index contributed by atoms with van der Waals surface area (Å²) in [4.78, 5) is 10.8. The predicted octanol–water partition coefficient (Wildman–Crippen LogP) is 8.24. The molecule has 0 unspecified atom stereocenters. The highest BCUT2D eigenvalue weighted by atomic mass is 35.5. The molecule has 8 rings (SSSR count). The lowest BCUT2D eigenvalue weighted by Gasteiger charge is -1.99. The fourth-order valence-corrected chi connectivity index (χ4v) is 7.03. The first kappa shape index (κ1) is 25.7. The Morgan fingerprint density at radius 3 is 1.80 bits per heavy atom.